The van der Waals surface area contributed by atoms with Crippen LogP contribution in [0.15, 0.2) is 0 Å². The van der Waals surface area contributed by atoms with E-state index in [2.05, 4.69) is 16.0 Å². The van der Waals surface area contributed by atoms with Crippen molar-refractivity contribution in [3.05, 3.63) is 0 Å². The first kappa shape index (κ1) is 11.0. The minimum atomic E-state index is -0.243. The van der Waals surface area contributed by atoms with E-state index in [0.29, 0.717) is 19.5 Å². The van der Waals surface area contributed by atoms with Gasteiger partial charge in [0.15, 0.2) is 0 Å². The van der Waals surface area contributed by atoms with Crippen molar-refractivity contribution in [2.24, 2.45) is 0 Å². The maximum atomic E-state index is 11.3. The minimum Gasteiger partial charge on any atom is -0.355 e. The summed E-state index contributed by atoms with van der Waals surface area (Å²) in [5.74, 6) is 0.0254. The Labute approximate surface area is 83.6 Å². The number of amides is 2. The summed E-state index contributed by atoms with van der Waals surface area (Å²) >= 11 is 0. The van der Waals surface area contributed by atoms with Crippen molar-refractivity contribution < 1.29 is 9.59 Å². The Kier molecular flexibility index (Phi) is 3.88. The highest BCUT2D eigenvalue weighted by atomic mass is 16.2. The topological polar surface area (TPSA) is 70.2 Å². The average Bonchev–Trinajstić information content (AvgIpc) is 2.51. The van der Waals surface area contributed by atoms with Crippen molar-refractivity contribution in [3.63, 3.8) is 0 Å². The Morgan fingerprint density at radius 1 is 1.71 bits per heavy atom. The van der Waals surface area contributed by atoms with Crippen LogP contribution in [0.5, 0.6) is 0 Å². The van der Waals surface area contributed by atoms with E-state index in [1.165, 1.54) is 0 Å². The molecule has 0 bridgehead atoms. The number of nitrogens with one attached hydrogen (secondary N) is 3. The number of rotatable bonds is 4. The SMILES string of the molecule is CCNC(=O)C(C)NC1CNC(=O)C1. The maximum Gasteiger partial charge on any atom is 0.236 e. The van der Waals surface area contributed by atoms with Crippen molar-refractivity contribution in [2.45, 2.75) is 32.4 Å². The zero-order chi connectivity index (χ0) is 10.6. The van der Waals surface area contributed by atoms with Gasteiger partial charge in [0, 0.05) is 25.6 Å². The molecular weight excluding hydrogens is 182 g/mol. The number of hydrogen-bond donors (Lipinski definition) is 3. The van der Waals surface area contributed by atoms with Gasteiger partial charge in [-0.3, -0.25) is 9.59 Å². The monoisotopic (exact) mass is 199 g/mol. The van der Waals surface area contributed by atoms with Gasteiger partial charge in [-0.05, 0) is 13.8 Å². The molecule has 0 aliphatic carbocycles. The van der Waals surface area contributed by atoms with Crippen LogP contribution in [0.25, 0.3) is 0 Å². The fourth-order valence-corrected chi connectivity index (χ4v) is 1.48. The quantitative estimate of drug-likeness (QED) is 0.543. The van der Waals surface area contributed by atoms with Crippen LogP contribution in [-0.4, -0.2) is 37.0 Å². The fraction of sp³-hybridized carbons (Fsp3) is 0.778. The molecule has 5 heteroatoms. The third-order valence-corrected chi connectivity index (χ3v) is 2.21. The molecule has 0 aromatic heterocycles. The van der Waals surface area contributed by atoms with Crippen molar-refractivity contribution in [1.82, 2.24) is 16.0 Å². The summed E-state index contributed by atoms with van der Waals surface area (Å²) in [6, 6.07) is -0.159. The molecule has 1 heterocycles. The summed E-state index contributed by atoms with van der Waals surface area (Å²) in [6.07, 6.45) is 0.462. The third kappa shape index (κ3) is 2.99. The van der Waals surface area contributed by atoms with E-state index < -0.39 is 0 Å². The molecule has 2 unspecified atom stereocenters. The van der Waals surface area contributed by atoms with Crippen molar-refractivity contribution in [2.75, 3.05) is 13.1 Å². The van der Waals surface area contributed by atoms with Gasteiger partial charge >= 0.3 is 0 Å². The Balaban J connectivity index is 2.29. The molecule has 0 radical (unpaired) electrons. The van der Waals surface area contributed by atoms with Crippen molar-refractivity contribution in [3.8, 4) is 0 Å². The summed E-state index contributed by atoms with van der Waals surface area (Å²) in [6.45, 7) is 4.92. The summed E-state index contributed by atoms with van der Waals surface area (Å²) in [7, 11) is 0. The van der Waals surface area contributed by atoms with E-state index in [1.54, 1.807) is 6.92 Å². The molecule has 5 nitrogen and oxygen atoms in total. The molecule has 2 amide bonds. The van der Waals surface area contributed by atoms with Gasteiger partial charge in [-0.25, -0.2) is 0 Å². The Hall–Kier alpha value is -1.10. The molecule has 0 saturated carbocycles. The van der Waals surface area contributed by atoms with E-state index in [9.17, 15) is 9.59 Å². The van der Waals surface area contributed by atoms with Crippen LogP contribution >= 0.6 is 0 Å². The Morgan fingerprint density at radius 3 is 2.93 bits per heavy atom. The van der Waals surface area contributed by atoms with Gasteiger partial charge in [0.2, 0.25) is 11.8 Å². The zero-order valence-electron chi connectivity index (χ0n) is 8.59. The van der Waals surface area contributed by atoms with Gasteiger partial charge in [-0.15, -0.1) is 0 Å². The molecule has 1 aliphatic rings. The molecule has 14 heavy (non-hydrogen) atoms. The van der Waals surface area contributed by atoms with E-state index in [4.69, 9.17) is 0 Å². The van der Waals surface area contributed by atoms with Crippen LogP contribution in [0, 0.1) is 0 Å². The second-order valence-electron chi connectivity index (χ2n) is 3.49. The molecule has 80 valence electrons. The molecule has 1 rings (SSSR count). The van der Waals surface area contributed by atoms with Crippen LogP contribution in [0.4, 0.5) is 0 Å². The third-order valence-electron chi connectivity index (χ3n) is 2.21. The first-order valence-corrected chi connectivity index (χ1v) is 4.94. The summed E-state index contributed by atoms with van der Waals surface area (Å²) in [5, 5.41) is 8.53. The number of likely N-dealkylation sites (N-methyl/N-ethyl adjacent to an activating group) is 1. The molecule has 1 fully saturated rings. The highest BCUT2D eigenvalue weighted by Gasteiger charge is 2.24. The van der Waals surface area contributed by atoms with Gasteiger partial charge in [-0.2, -0.15) is 0 Å². The lowest BCUT2D eigenvalue weighted by molar-refractivity contribution is -0.123. The highest BCUT2D eigenvalue weighted by Crippen LogP contribution is 2.00. The lowest BCUT2D eigenvalue weighted by atomic mass is 10.2. The van der Waals surface area contributed by atoms with Crippen LogP contribution < -0.4 is 16.0 Å². The van der Waals surface area contributed by atoms with Crippen LogP contribution in [0.2, 0.25) is 0 Å². The van der Waals surface area contributed by atoms with Crippen molar-refractivity contribution in [1.29, 1.82) is 0 Å². The van der Waals surface area contributed by atoms with Crippen LogP contribution in [0.3, 0.4) is 0 Å². The van der Waals surface area contributed by atoms with Gasteiger partial charge in [-0.1, -0.05) is 0 Å². The maximum absolute atomic E-state index is 11.3. The van der Waals surface area contributed by atoms with E-state index in [1.807, 2.05) is 6.92 Å². The Bertz CT molecular complexity index is 230. The number of carbonyl (C=O) groups is 2. The van der Waals surface area contributed by atoms with E-state index >= 15 is 0 Å². The second kappa shape index (κ2) is 4.95. The molecule has 1 saturated heterocycles. The predicted octanol–water partition coefficient (Wildman–Crippen LogP) is -1.01. The van der Waals surface area contributed by atoms with Gasteiger partial charge < -0.3 is 16.0 Å². The van der Waals surface area contributed by atoms with Crippen LogP contribution in [0.1, 0.15) is 20.3 Å². The molecule has 0 spiro atoms. The van der Waals surface area contributed by atoms with E-state index in [0.717, 1.165) is 0 Å². The predicted molar refractivity (Wildman–Crippen MR) is 52.7 cm³/mol. The lowest BCUT2D eigenvalue weighted by Crippen LogP contribution is -2.47. The fourth-order valence-electron chi connectivity index (χ4n) is 1.48. The lowest BCUT2D eigenvalue weighted by Gasteiger charge is -2.17. The Morgan fingerprint density at radius 2 is 2.43 bits per heavy atom. The largest absolute Gasteiger partial charge is 0.355 e. The van der Waals surface area contributed by atoms with Gasteiger partial charge in [0.1, 0.15) is 0 Å². The summed E-state index contributed by atoms with van der Waals surface area (Å²) in [5.41, 5.74) is 0. The molecule has 0 aromatic carbocycles. The standard InChI is InChI=1S/C9H17N3O2/c1-3-10-9(14)6(2)12-7-4-8(13)11-5-7/h6-7,12H,3-5H2,1-2H3,(H,10,14)(H,11,13). The normalized spacial score (nSPS) is 23.0. The minimum absolute atomic E-state index is 0.0214. The highest BCUT2D eigenvalue weighted by molar-refractivity contribution is 5.82. The van der Waals surface area contributed by atoms with Crippen molar-refractivity contribution >= 4 is 11.8 Å². The smallest absolute Gasteiger partial charge is 0.236 e. The average molecular weight is 199 g/mol. The molecular formula is C9H17N3O2. The zero-order valence-corrected chi connectivity index (χ0v) is 8.59. The number of carbonyl (C=O) groups excluding carboxylic acids is 2. The van der Waals surface area contributed by atoms with E-state index in [-0.39, 0.29) is 23.9 Å². The van der Waals surface area contributed by atoms with Gasteiger partial charge in [0.05, 0.1) is 6.04 Å². The van der Waals surface area contributed by atoms with Crippen LogP contribution in [-0.2, 0) is 9.59 Å². The second-order valence-corrected chi connectivity index (χ2v) is 3.49. The molecule has 2 atom stereocenters. The summed E-state index contributed by atoms with van der Waals surface area (Å²) in [4.78, 5) is 22.2. The van der Waals surface area contributed by atoms with Gasteiger partial charge in [0.25, 0.3) is 0 Å². The number of hydrogen-bond acceptors (Lipinski definition) is 3. The molecule has 3 N–H and O–H groups in total. The first-order valence-electron chi connectivity index (χ1n) is 4.94. The molecule has 1 aliphatic heterocycles. The summed E-state index contributed by atoms with van der Waals surface area (Å²) < 4.78 is 0. The molecule has 0 aromatic rings. The first-order chi connectivity index (χ1) is 6.63.